The van der Waals surface area contributed by atoms with E-state index in [1.165, 1.54) is 0 Å². The largest absolute Gasteiger partial charge is 0.391 e. The maximum atomic E-state index is 9.11. The predicted octanol–water partition coefficient (Wildman–Crippen LogP) is -0.00830. The van der Waals surface area contributed by atoms with Crippen LogP contribution in [0.2, 0.25) is 0 Å². The monoisotopic (exact) mass is 147 g/mol. The molecule has 2 N–H and O–H groups in total. The van der Waals surface area contributed by atoms with Crippen LogP contribution >= 0.6 is 0 Å². The molecule has 2 unspecified atom stereocenters. The van der Waals surface area contributed by atoms with Crippen molar-refractivity contribution in [2.45, 2.75) is 26.1 Å². The fraction of sp³-hybridized carbons (Fsp3) is 1.00. The van der Waals surface area contributed by atoms with E-state index in [0.29, 0.717) is 13.2 Å². The van der Waals surface area contributed by atoms with Crippen LogP contribution in [0.5, 0.6) is 0 Å². The molecule has 0 aliphatic carbocycles. The van der Waals surface area contributed by atoms with Crippen molar-refractivity contribution in [2.75, 3.05) is 20.2 Å². The Kier molecular flexibility index (Phi) is 5.58. The number of likely N-dealkylation sites (N-methyl/N-ethyl adjacent to an activating group) is 1. The minimum Gasteiger partial charge on any atom is -0.391 e. The summed E-state index contributed by atoms with van der Waals surface area (Å²) in [7, 11) is 1.84. The Morgan fingerprint density at radius 1 is 1.60 bits per heavy atom. The first kappa shape index (κ1) is 9.88. The quantitative estimate of drug-likeness (QED) is 0.575. The summed E-state index contributed by atoms with van der Waals surface area (Å²) < 4.78 is 5.23. The van der Waals surface area contributed by atoms with Crippen LogP contribution in [0.3, 0.4) is 0 Å². The van der Waals surface area contributed by atoms with Gasteiger partial charge in [-0.25, -0.2) is 0 Å². The molecule has 0 saturated heterocycles. The van der Waals surface area contributed by atoms with Crippen molar-refractivity contribution in [2.24, 2.45) is 0 Å². The van der Waals surface area contributed by atoms with Gasteiger partial charge in [-0.05, 0) is 20.9 Å². The van der Waals surface area contributed by atoms with E-state index in [1.54, 1.807) is 6.92 Å². The number of hydrogen-bond donors (Lipinski definition) is 2. The molecule has 3 heteroatoms. The normalized spacial score (nSPS) is 16.8. The second-order valence-electron chi connectivity index (χ2n) is 2.29. The number of rotatable bonds is 5. The minimum absolute atomic E-state index is 0.0741. The number of aliphatic hydroxyl groups is 1. The zero-order valence-electron chi connectivity index (χ0n) is 6.92. The van der Waals surface area contributed by atoms with E-state index >= 15 is 0 Å². The highest BCUT2D eigenvalue weighted by atomic mass is 16.5. The first-order valence-electron chi connectivity index (χ1n) is 3.66. The SMILES string of the molecule is CCOC(CNC)C(C)O. The molecule has 0 rings (SSSR count). The third-order valence-electron chi connectivity index (χ3n) is 1.32. The maximum Gasteiger partial charge on any atom is 0.0954 e. The summed E-state index contributed by atoms with van der Waals surface area (Å²) >= 11 is 0. The number of nitrogens with one attached hydrogen (secondary N) is 1. The van der Waals surface area contributed by atoms with E-state index in [1.807, 2.05) is 14.0 Å². The van der Waals surface area contributed by atoms with Crippen molar-refractivity contribution in [1.29, 1.82) is 0 Å². The van der Waals surface area contributed by atoms with Gasteiger partial charge in [-0.3, -0.25) is 0 Å². The number of hydrogen-bond acceptors (Lipinski definition) is 3. The molecule has 0 fully saturated rings. The summed E-state index contributed by atoms with van der Waals surface area (Å²) in [6.07, 6.45) is -0.470. The highest BCUT2D eigenvalue weighted by Crippen LogP contribution is 1.96. The first-order chi connectivity index (χ1) is 4.72. The Morgan fingerprint density at radius 3 is 2.50 bits per heavy atom. The molecule has 0 spiro atoms. The van der Waals surface area contributed by atoms with Gasteiger partial charge in [-0.1, -0.05) is 0 Å². The van der Waals surface area contributed by atoms with E-state index in [2.05, 4.69) is 5.32 Å². The highest BCUT2D eigenvalue weighted by molar-refractivity contribution is 4.65. The lowest BCUT2D eigenvalue weighted by Gasteiger charge is -2.18. The van der Waals surface area contributed by atoms with Gasteiger partial charge in [0.25, 0.3) is 0 Å². The van der Waals surface area contributed by atoms with Crippen LogP contribution < -0.4 is 5.32 Å². The van der Waals surface area contributed by atoms with Crippen molar-refractivity contribution in [3.63, 3.8) is 0 Å². The van der Waals surface area contributed by atoms with Crippen LogP contribution in [0.15, 0.2) is 0 Å². The lowest BCUT2D eigenvalue weighted by Crippen LogP contribution is -2.35. The van der Waals surface area contributed by atoms with Gasteiger partial charge < -0.3 is 15.2 Å². The van der Waals surface area contributed by atoms with Gasteiger partial charge in [-0.15, -0.1) is 0 Å². The first-order valence-corrected chi connectivity index (χ1v) is 3.66. The lowest BCUT2D eigenvalue weighted by atomic mass is 10.2. The second-order valence-corrected chi connectivity index (χ2v) is 2.29. The number of ether oxygens (including phenoxy) is 1. The molecule has 0 amide bonds. The van der Waals surface area contributed by atoms with Crippen LogP contribution in [-0.2, 0) is 4.74 Å². The van der Waals surface area contributed by atoms with Gasteiger partial charge in [0.1, 0.15) is 0 Å². The molecule has 0 aliphatic rings. The van der Waals surface area contributed by atoms with E-state index in [4.69, 9.17) is 9.84 Å². The van der Waals surface area contributed by atoms with Crippen LogP contribution in [-0.4, -0.2) is 37.5 Å². The standard InChI is InChI=1S/C7H17NO2/c1-4-10-7(5-8-3)6(2)9/h6-9H,4-5H2,1-3H3. The summed E-state index contributed by atoms with van der Waals surface area (Å²) in [6.45, 7) is 5.01. The topological polar surface area (TPSA) is 41.5 Å². The Balaban J connectivity index is 3.50. The van der Waals surface area contributed by atoms with Gasteiger partial charge in [0.15, 0.2) is 0 Å². The average Bonchev–Trinajstić information content (AvgIpc) is 1.87. The molecule has 0 aliphatic heterocycles. The van der Waals surface area contributed by atoms with E-state index in [0.717, 1.165) is 0 Å². The molecule has 0 heterocycles. The summed E-state index contributed by atoms with van der Waals surface area (Å²) in [5.74, 6) is 0. The van der Waals surface area contributed by atoms with Crippen molar-refractivity contribution in [3.05, 3.63) is 0 Å². The summed E-state index contributed by atoms with van der Waals surface area (Å²) in [6, 6.07) is 0. The highest BCUT2D eigenvalue weighted by Gasteiger charge is 2.12. The average molecular weight is 147 g/mol. The van der Waals surface area contributed by atoms with Gasteiger partial charge in [0.05, 0.1) is 12.2 Å². The van der Waals surface area contributed by atoms with Crippen LogP contribution in [0.4, 0.5) is 0 Å². The molecule has 0 aromatic carbocycles. The zero-order chi connectivity index (χ0) is 7.98. The van der Waals surface area contributed by atoms with Crippen LogP contribution in [0.25, 0.3) is 0 Å². The molecular weight excluding hydrogens is 130 g/mol. The van der Waals surface area contributed by atoms with Crippen molar-refractivity contribution < 1.29 is 9.84 Å². The molecule has 3 nitrogen and oxygen atoms in total. The Morgan fingerprint density at radius 2 is 2.20 bits per heavy atom. The third-order valence-corrected chi connectivity index (χ3v) is 1.32. The molecule has 0 bridgehead atoms. The predicted molar refractivity (Wildman–Crippen MR) is 41.0 cm³/mol. The van der Waals surface area contributed by atoms with E-state index in [9.17, 15) is 0 Å². The maximum absolute atomic E-state index is 9.11. The van der Waals surface area contributed by atoms with Gasteiger partial charge >= 0.3 is 0 Å². The molecule has 0 aromatic heterocycles. The van der Waals surface area contributed by atoms with E-state index in [-0.39, 0.29) is 6.10 Å². The minimum atomic E-state index is -0.396. The molecule has 0 saturated carbocycles. The summed E-state index contributed by atoms with van der Waals surface area (Å²) in [5.41, 5.74) is 0. The fourth-order valence-electron chi connectivity index (χ4n) is 0.784. The van der Waals surface area contributed by atoms with Gasteiger partial charge in [0.2, 0.25) is 0 Å². The molecule has 10 heavy (non-hydrogen) atoms. The summed E-state index contributed by atoms with van der Waals surface area (Å²) in [4.78, 5) is 0. The van der Waals surface area contributed by atoms with Crippen molar-refractivity contribution in [1.82, 2.24) is 5.32 Å². The third kappa shape index (κ3) is 3.82. The van der Waals surface area contributed by atoms with Gasteiger partial charge in [-0.2, -0.15) is 0 Å². The van der Waals surface area contributed by atoms with Crippen molar-refractivity contribution in [3.8, 4) is 0 Å². The van der Waals surface area contributed by atoms with Crippen LogP contribution in [0, 0.1) is 0 Å². The fourth-order valence-corrected chi connectivity index (χ4v) is 0.784. The lowest BCUT2D eigenvalue weighted by molar-refractivity contribution is -0.0218. The summed E-state index contributed by atoms with van der Waals surface area (Å²) in [5, 5.41) is 12.1. The molecule has 0 radical (unpaired) electrons. The molecule has 62 valence electrons. The Bertz CT molecular complexity index is 70.0. The molecular formula is C7H17NO2. The molecule has 0 aromatic rings. The molecule has 2 atom stereocenters. The zero-order valence-corrected chi connectivity index (χ0v) is 6.92. The van der Waals surface area contributed by atoms with Crippen molar-refractivity contribution >= 4 is 0 Å². The Hall–Kier alpha value is -0.120. The van der Waals surface area contributed by atoms with Gasteiger partial charge in [0, 0.05) is 13.2 Å². The number of aliphatic hydroxyl groups excluding tert-OH is 1. The Labute approximate surface area is 62.4 Å². The van der Waals surface area contributed by atoms with E-state index < -0.39 is 6.10 Å². The van der Waals surface area contributed by atoms with Crippen LogP contribution in [0.1, 0.15) is 13.8 Å². The smallest absolute Gasteiger partial charge is 0.0954 e. The second kappa shape index (κ2) is 5.65.